The minimum Gasteiger partial charge on any atom is -0.352 e. The number of sulfonamides is 1. The van der Waals surface area contributed by atoms with Crippen LogP contribution in [0.3, 0.4) is 0 Å². The van der Waals surface area contributed by atoms with Crippen molar-refractivity contribution < 1.29 is 18.0 Å². The van der Waals surface area contributed by atoms with Gasteiger partial charge in [-0.25, -0.2) is 8.42 Å². The molecular formula is C13H23N3O4S. The van der Waals surface area contributed by atoms with E-state index in [1.807, 2.05) is 0 Å². The maximum Gasteiger partial charge on any atom is 0.238 e. The van der Waals surface area contributed by atoms with Crippen molar-refractivity contribution in [2.45, 2.75) is 44.7 Å². The SMILES string of the molecule is CC(=O)N1CCC(NC(=O)[C@H]2CCCN2S(C)(=O)=O)CC1. The highest BCUT2D eigenvalue weighted by Crippen LogP contribution is 2.21. The predicted octanol–water partition coefficient (Wildman–Crippen LogP) is -0.462. The van der Waals surface area contributed by atoms with Crippen LogP contribution in [0.1, 0.15) is 32.6 Å². The molecule has 8 heteroatoms. The fourth-order valence-corrected chi connectivity index (χ4v) is 4.16. The Morgan fingerprint density at radius 3 is 2.24 bits per heavy atom. The van der Waals surface area contributed by atoms with E-state index in [9.17, 15) is 18.0 Å². The summed E-state index contributed by atoms with van der Waals surface area (Å²) in [7, 11) is -3.34. The van der Waals surface area contributed by atoms with Crippen LogP contribution in [0.25, 0.3) is 0 Å². The van der Waals surface area contributed by atoms with Gasteiger partial charge in [0.2, 0.25) is 21.8 Å². The van der Waals surface area contributed by atoms with E-state index < -0.39 is 16.1 Å². The number of likely N-dealkylation sites (tertiary alicyclic amines) is 1. The van der Waals surface area contributed by atoms with E-state index in [0.29, 0.717) is 32.5 Å². The Hall–Kier alpha value is -1.15. The number of hydrogen-bond acceptors (Lipinski definition) is 4. The van der Waals surface area contributed by atoms with Gasteiger partial charge in [-0.05, 0) is 25.7 Å². The van der Waals surface area contributed by atoms with Gasteiger partial charge >= 0.3 is 0 Å². The first kappa shape index (κ1) is 16.2. The van der Waals surface area contributed by atoms with Crippen molar-refractivity contribution in [3.05, 3.63) is 0 Å². The fraction of sp³-hybridized carbons (Fsp3) is 0.846. The molecule has 120 valence electrons. The van der Waals surface area contributed by atoms with E-state index in [1.54, 1.807) is 11.8 Å². The highest BCUT2D eigenvalue weighted by molar-refractivity contribution is 7.88. The summed E-state index contributed by atoms with van der Waals surface area (Å²) in [6.45, 7) is 3.24. The monoisotopic (exact) mass is 317 g/mol. The predicted molar refractivity (Wildman–Crippen MR) is 78.0 cm³/mol. The van der Waals surface area contributed by atoms with Crippen LogP contribution in [-0.2, 0) is 19.6 Å². The van der Waals surface area contributed by atoms with Gasteiger partial charge in [0.1, 0.15) is 6.04 Å². The molecular weight excluding hydrogens is 294 g/mol. The molecule has 2 fully saturated rings. The summed E-state index contributed by atoms with van der Waals surface area (Å²) >= 11 is 0. The lowest BCUT2D eigenvalue weighted by molar-refractivity contribution is -0.130. The van der Waals surface area contributed by atoms with Gasteiger partial charge in [0.15, 0.2) is 0 Å². The molecule has 2 saturated heterocycles. The van der Waals surface area contributed by atoms with E-state index >= 15 is 0 Å². The molecule has 0 aromatic heterocycles. The van der Waals surface area contributed by atoms with Crippen LogP contribution in [-0.4, -0.2) is 67.4 Å². The van der Waals surface area contributed by atoms with Gasteiger partial charge in [-0.15, -0.1) is 0 Å². The van der Waals surface area contributed by atoms with Gasteiger partial charge in [0, 0.05) is 32.6 Å². The van der Waals surface area contributed by atoms with Gasteiger partial charge in [0.05, 0.1) is 6.26 Å². The largest absolute Gasteiger partial charge is 0.352 e. The molecule has 2 heterocycles. The standard InChI is InChI=1S/C13H23N3O4S/c1-10(17)15-8-5-11(6-9-15)14-13(18)12-4-3-7-16(12)21(2,19)20/h11-12H,3-9H2,1-2H3,(H,14,18)/t12-/m1/s1. The molecule has 2 amide bonds. The molecule has 21 heavy (non-hydrogen) atoms. The fourth-order valence-electron chi connectivity index (χ4n) is 3.04. The highest BCUT2D eigenvalue weighted by Gasteiger charge is 2.37. The first-order chi connectivity index (χ1) is 9.79. The molecule has 1 atom stereocenters. The Labute approximate surface area is 125 Å². The van der Waals surface area contributed by atoms with Crippen LogP contribution >= 0.6 is 0 Å². The van der Waals surface area contributed by atoms with E-state index in [2.05, 4.69) is 5.32 Å². The average Bonchev–Trinajstić information content (AvgIpc) is 2.88. The minimum atomic E-state index is -3.34. The number of nitrogens with zero attached hydrogens (tertiary/aromatic N) is 2. The maximum absolute atomic E-state index is 12.3. The van der Waals surface area contributed by atoms with Crippen molar-refractivity contribution in [2.75, 3.05) is 25.9 Å². The molecule has 2 rings (SSSR count). The van der Waals surface area contributed by atoms with Crippen molar-refractivity contribution in [2.24, 2.45) is 0 Å². The Balaban J connectivity index is 1.89. The third kappa shape index (κ3) is 3.94. The van der Waals surface area contributed by atoms with Crippen molar-refractivity contribution in [3.8, 4) is 0 Å². The van der Waals surface area contributed by atoms with Gasteiger partial charge in [-0.2, -0.15) is 4.31 Å². The van der Waals surface area contributed by atoms with Crippen LogP contribution in [0.15, 0.2) is 0 Å². The normalized spacial score (nSPS) is 25.0. The minimum absolute atomic E-state index is 0.0233. The summed E-state index contributed by atoms with van der Waals surface area (Å²) in [4.78, 5) is 25.3. The smallest absolute Gasteiger partial charge is 0.238 e. The number of carbonyl (C=O) groups excluding carboxylic acids is 2. The highest BCUT2D eigenvalue weighted by atomic mass is 32.2. The summed E-state index contributed by atoms with van der Waals surface area (Å²) in [6, 6.07) is -0.555. The molecule has 2 aliphatic heterocycles. The molecule has 0 spiro atoms. The van der Waals surface area contributed by atoms with Gasteiger partial charge < -0.3 is 10.2 Å². The second kappa shape index (κ2) is 6.31. The summed E-state index contributed by atoms with van der Waals surface area (Å²) < 4.78 is 24.6. The second-order valence-corrected chi connectivity index (χ2v) is 7.76. The van der Waals surface area contributed by atoms with Gasteiger partial charge in [0.25, 0.3) is 0 Å². The second-order valence-electron chi connectivity index (χ2n) is 5.82. The van der Waals surface area contributed by atoms with Crippen molar-refractivity contribution in [1.82, 2.24) is 14.5 Å². The molecule has 7 nitrogen and oxygen atoms in total. The lowest BCUT2D eigenvalue weighted by Crippen LogP contribution is -2.51. The maximum atomic E-state index is 12.3. The zero-order valence-corrected chi connectivity index (χ0v) is 13.4. The molecule has 0 aromatic rings. The number of piperidine rings is 1. The summed E-state index contributed by atoms with van der Waals surface area (Å²) in [6.07, 6.45) is 3.87. The Morgan fingerprint density at radius 2 is 1.71 bits per heavy atom. The Bertz CT molecular complexity index is 512. The topological polar surface area (TPSA) is 86.8 Å². The lowest BCUT2D eigenvalue weighted by Gasteiger charge is -2.32. The van der Waals surface area contributed by atoms with Crippen LogP contribution in [0.2, 0.25) is 0 Å². The summed E-state index contributed by atoms with van der Waals surface area (Å²) in [5.41, 5.74) is 0. The Morgan fingerprint density at radius 1 is 1.10 bits per heavy atom. The molecule has 1 N–H and O–H groups in total. The number of nitrogens with one attached hydrogen (secondary N) is 1. The summed E-state index contributed by atoms with van der Waals surface area (Å²) in [5.74, 6) is -0.155. The third-order valence-electron chi connectivity index (χ3n) is 4.22. The lowest BCUT2D eigenvalue weighted by atomic mass is 10.0. The number of carbonyl (C=O) groups is 2. The Kier molecular flexibility index (Phi) is 4.88. The molecule has 0 aliphatic carbocycles. The van der Waals surface area contributed by atoms with E-state index in [-0.39, 0.29) is 17.9 Å². The van der Waals surface area contributed by atoms with Gasteiger partial charge in [-0.3, -0.25) is 9.59 Å². The number of amides is 2. The van der Waals surface area contributed by atoms with Crippen LogP contribution in [0.4, 0.5) is 0 Å². The van der Waals surface area contributed by atoms with Crippen molar-refractivity contribution in [1.29, 1.82) is 0 Å². The molecule has 0 aromatic carbocycles. The van der Waals surface area contributed by atoms with E-state index in [0.717, 1.165) is 19.1 Å². The molecule has 0 bridgehead atoms. The molecule has 0 saturated carbocycles. The van der Waals surface area contributed by atoms with Crippen molar-refractivity contribution >= 4 is 21.8 Å². The summed E-state index contributed by atoms with van der Waals surface area (Å²) in [5, 5.41) is 2.94. The van der Waals surface area contributed by atoms with Crippen molar-refractivity contribution in [3.63, 3.8) is 0 Å². The molecule has 0 radical (unpaired) electrons. The van der Waals surface area contributed by atoms with E-state index in [4.69, 9.17) is 0 Å². The van der Waals surface area contributed by atoms with Crippen LogP contribution < -0.4 is 5.32 Å². The third-order valence-corrected chi connectivity index (χ3v) is 5.51. The quantitative estimate of drug-likeness (QED) is 0.763. The molecule has 2 aliphatic rings. The zero-order chi connectivity index (χ0) is 15.6. The van der Waals surface area contributed by atoms with Gasteiger partial charge in [-0.1, -0.05) is 0 Å². The first-order valence-corrected chi connectivity index (χ1v) is 9.16. The van der Waals surface area contributed by atoms with E-state index in [1.165, 1.54) is 4.31 Å². The molecule has 0 unspecified atom stereocenters. The average molecular weight is 317 g/mol. The first-order valence-electron chi connectivity index (χ1n) is 7.31. The van der Waals surface area contributed by atoms with Crippen LogP contribution in [0, 0.1) is 0 Å². The van der Waals surface area contributed by atoms with Crippen LogP contribution in [0.5, 0.6) is 0 Å². The number of rotatable bonds is 3. The number of hydrogen-bond donors (Lipinski definition) is 1. The zero-order valence-electron chi connectivity index (χ0n) is 12.5.